The van der Waals surface area contributed by atoms with Crippen molar-refractivity contribution in [3.63, 3.8) is 0 Å². The van der Waals surface area contributed by atoms with E-state index in [1.165, 1.54) is 0 Å². The van der Waals surface area contributed by atoms with Gasteiger partial charge < -0.3 is 5.32 Å². The van der Waals surface area contributed by atoms with Gasteiger partial charge in [0.2, 0.25) is 5.82 Å². The van der Waals surface area contributed by atoms with E-state index in [-0.39, 0.29) is 11.7 Å². The van der Waals surface area contributed by atoms with Gasteiger partial charge in [0.1, 0.15) is 0 Å². The zero-order chi connectivity index (χ0) is 17.6. The van der Waals surface area contributed by atoms with Crippen molar-refractivity contribution in [3.05, 3.63) is 66.0 Å². The van der Waals surface area contributed by atoms with Crippen molar-refractivity contribution in [1.29, 1.82) is 0 Å². The van der Waals surface area contributed by atoms with Gasteiger partial charge in [-0.05, 0) is 31.0 Å². The van der Waals surface area contributed by atoms with Gasteiger partial charge in [0, 0.05) is 12.1 Å². The predicted octanol–water partition coefficient (Wildman–Crippen LogP) is 3.77. The van der Waals surface area contributed by atoms with E-state index in [4.69, 9.17) is 0 Å². The molecule has 0 unspecified atom stereocenters. The average molecular weight is 334 g/mol. The van der Waals surface area contributed by atoms with Gasteiger partial charge in [-0.3, -0.25) is 4.79 Å². The third-order valence-corrected chi connectivity index (χ3v) is 3.90. The molecule has 0 saturated carbocycles. The molecule has 1 heterocycles. The highest BCUT2D eigenvalue weighted by Crippen LogP contribution is 2.21. The lowest BCUT2D eigenvalue weighted by atomic mass is 10.2. The van der Waals surface area contributed by atoms with Crippen LogP contribution in [0.5, 0.6) is 0 Å². The van der Waals surface area contributed by atoms with Crippen molar-refractivity contribution in [1.82, 2.24) is 20.1 Å². The minimum atomic E-state index is -0.239. The van der Waals surface area contributed by atoms with Crippen LogP contribution in [0.3, 0.4) is 0 Å². The molecule has 1 amide bonds. The molecule has 3 rings (SSSR count). The number of benzene rings is 2. The summed E-state index contributed by atoms with van der Waals surface area (Å²) in [5, 5.41) is 7.35. The summed E-state index contributed by atoms with van der Waals surface area (Å²) in [7, 11) is 0. The molecule has 2 aromatic carbocycles. The number of carbonyl (C=O) groups is 1. The topological polar surface area (TPSA) is 59.8 Å². The van der Waals surface area contributed by atoms with E-state index in [1.54, 1.807) is 4.68 Å². The maximum atomic E-state index is 12.4. The second kappa shape index (κ2) is 7.75. The summed E-state index contributed by atoms with van der Waals surface area (Å²) in [5.74, 6) is 0.611. The van der Waals surface area contributed by atoms with E-state index >= 15 is 0 Å². The highest BCUT2D eigenvalue weighted by molar-refractivity contribution is 5.91. The van der Waals surface area contributed by atoms with Crippen LogP contribution in [0.15, 0.2) is 54.6 Å². The Bertz CT molecular complexity index is 855. The van der Waals surface area contributed by atoms with E-state index in [1.807, 2.05) is 61.5 Å². The third-order valence-electron chi connectivity index (χ3n) is 3.90. The lowest BCUT2D eigenvalue weighted by molar-refractivity contribution is 0.0943. The monoisotopic (exact) mass is 334 g/mol. The number of hydrogen-bond acceptors (Lipinski definition) is 3. The number of aryl methyl sites for hydroxylation is 1. The Balaban J connectivity index is 2.01. The van der Waals surface area contributed by atoms with Crippen LogP contribution < -0.4 is 5.32 Å². The summed E-state index contributed by atoms with van der Waals surface area (Å²) >= 11 is 0. The Morgan fingerprint density at radius 2 is 1.92 bits per heavy atom. The summed E-state index contributed by atoms with van der Waals surface area (Å²) in [6.07, 6.45) is 1.97. The molecular formula is C20H22N4O. The van der Waals surface area contributed by atoms with Gasteiger partial charge in [-0.25, -0.2) is 9.67 Å². The van der Waals surface area contributed by atoms with Crippen LogP contribution in [-0.2, 0) is 0 Å². The zero-order valence-electron chi connectivity index (χ0n) is 14.6. The summed E-state index contributed by atoms with van der Waals surface area (Å²) in [4.78, 5) is 16.9. The largest absolute Gasteiger partial charge is 0.349 e. The second-order valence-corrected chi connectivity index (χ2v) is 5.99. The minimum absolute atomic E-state index is 0.191. The number of carbonyl (C=O) groups excluding carboxylic acids is 1. The molecule has 0 saturated heterocycles. The molecule has 0 radical (unpaired) electrons. The first-order valence-corrected chi connectivity index (χ1v) is 8.56. The van der Waals surface area contributed by atoms with Gasteiger partial charge in [0.15, 0.2) is 5.82 Å². The van der Waals surface area contributed by atoms with Gasteiger partial charge in [-0.2, -0.15) is 0 Å². The van der Waals surface area contributed by atoms with E-state index in [2.05, 4.69) is 22.3 Å². The van der Waals surface area contributed by atoms with Gasteiger partial charge in [-0.1, -0.05) is 55.8 Å². The molecule has 0 atom stereocenters. The number of nitrogens with zero attached hydrogens (tertiary/aromatic N) is 3. The van der Waals surface area contributed by atoms with E-state index in [0.29, 0.717) is 12.4 Å². The molecule has 0 spiro atoms. The standard InChI is InChI=1S/C20H22N4O/c1-3-4-13-21-20(25)18-22-19(16-10-6-5-7-11-16)24(23-18)17-12-8-9-15(2)14-17/h5-12,14H,3-4,13H2,1-2H3,(H,21,25). The Morgan fingerprint density at radius 1 is 1.12 bits per heavy atom. The molecule has 0 aliphatic rings. The number of aromatic nitrogens is 3. The molecule has 1 N–H and O–H groups in total. The molecule has 1 aromatic heterocycles. The zero-order valence-corrected chi connectivity index (χ0v) is 14.6. The molecule has 128 valence electrons. The Labute approximate surface area is 147 Å². The summed E-state index contributed by atoms with van der Waals surface area (Å²) in [5.41, 5.74) is 2.93. The smallest absolute Gasteiger partial charge is 0.290 e. The third kappa shape index (κ3) is 3.94. The highest BCUT2D eigenvalue weighted by Gasteiger charge is 2.18. The van der Waals surface area contributed by atoms with E-state index in [9.17, 15) is 4.79 Å². The van der Waals surface area contributed by atoms with Crippen LogP contribution in [0.4, 0.5) is 0 Å². The lowest BCUT2D eigenvalue weighted by Crippen LogP contribution is -2.25. The Morgan fingerprint density at radius 3 is 2.64 bits per heavy atom. The molecule has 3 aromatic rings. The van der Waals surface area contributed by atoms with E-state index in [0.717, 1.165) is 29.7 Å². The highest BCUT2D eigenvalue weighted by atomic mass is 16.2. The fourth-order valence-corrected chi connectivity index (χ4v) is 2.58. The average Bonchev–Trinajstić information content (AvgIpc) is 3.08. The fraction of sp³-hybridized carbons (Fsp3) is 0.250. The number of unbranched alkanes of at least 4 members (excludes halogenated alkanes) is 1. The minimum Gasteiger partial charge on any atom is -0.349 e. The normalized spacial score (nSPS) is 10.6. The van der Waals surface area contributed by atoms with Crippen molar-refractivity contribution in [3.8, 4) is 17.1 Å². The van der Waals surface area contributed by atoms with Gasteiger partial charge >= 0.3 is 0 Å². The molecular weight excluding hydrogens is 312 g/mol. The van der Waals surface area contributed by atoms with Crippen LogP contribution in [0.1, 0.15) is 35.9 Å². The molecule has 0 aliphatic carbocycles. The number of hydrogen-bond donors (Lipinski definition) is 1. The first-order chi connectivity index (χ1) is 12.2. The quantitative estimate of drug-likeness (QED) is 0.698. The molecule has 25 heavy (non-hydrogen) atoms. The summed E-state index contributed by atoms with van der Waals surface area (Å²) in [6.45, 7) is 4.75. The van der Waals surface area contributed by atoms with E-state index < -0.39 is 0 Å². The first-order valence-electron chi connectivity index (χ1n) is 8.56. The summed E-state index contributed by atoms with van der Waals surface area (Å²) in [6, 6.07) is 17.8. The molecule has 5 nitrogen and oxygen atoms in total. The van der Waals surface area contributed by atoms with Crippen molar-refractivity contribution in [2.24, 2.45) is 0 Å². The maximum Gasteiger partial charge on any atom is 0.290 e. The molecule has 0 aliphatic heterocycles. The fourth-order valence-electron chi connectivity index (χ4n) is 2.58. The van der Waals surface area contributed by atoms with Gasteiger partial charge in [-0.15, -0.1) is 5.10 Å². The second-order valence-electron chi connectivity index (χ2n) is 5.99. The number of amides is 1. The van der Waals surface area contributed by atoms with Crippen LogP contribution in [0, 0.1) is 6.92 Å². The maximum absolute atomic E-state index is 12.4. The van der Waals surface area contributed by atoms with Crippen molar-refractivity contribution in [2.45, 2.75) is 26.7 Å². The predicted molar refractivity (Wildman–Crippen MR) is 98.8 cm³/mol. The van der Waals surface area contributed by atoms with Crippen molar-refractivity contribution in [2.75, 3.05) is 6.54 Å². The van der Waals surface area contributed by atoms with Crippen molar-refractivity contribution < 1.29 is 4.79 Å². The molecule has 5 heteroatoms. The van der Waals surface area contributed by atoms with Gasteiger partial charge in [0.05, 0.1) is 5.69 Å². The lowest BCUT2D eigenvalue weighted by Gasteiger charge is -2.06. The summed E-state index contributed by atoms with van der Waals surface area (Å²) < 4.78 is 1.73. The van der Waals surface area contributed by atoms with Crippen LogP contribution in [-0.4, -0.2) is 27.2 Å². The van der Waals surface area contributed by atoms with Crippen LogP contribution >= 0.6 is 0 Å². The first kappa shape index (κ1) is 16.9. The SMILES string of the molecule is CCCCNC(=O)c1nc(-c2ccccc2)n(-c2cccc(C)c2)n1. The molecule has 0 fully saturated rings. The number of rotatable bonds is 6. The Kier molecular flexibility index (Phi) is 5.23. The molecule has 0 bridgehead atoms. The van der Waals surface area contributed by atoms with Crippen LogP contribution in [0.25, 0.3) is 17.1 Å². The van der Waals surface area contributed by atoms with Crippen molar-refractivity contribution >= 4 is 5.91 Å². The Hall–Kier alpha value is -2.95. The van der Waals surface area contributed by atoms with Crippen LogP contribution in [0.2, 0.25) is 0 Å². The number of nitrogens with one attached hydrogen (secondary N) is 1. The van der Waals surface area contributed by atoms with Gasteiger partial charge in [0.25, 0.3) is 5.91 Å².